The van der Waals surface area contributed by atoms with Crippen LogP contribution in [0, 0.1) is 20.9 Å². The molecule has 3 aliphatic rings. The zero-order valence-electron chi connectivity index (χ0n) is 25.8. The standard InChI is InChI=1S/C37H38N2O5/c1-36(2)18-28-34(30(40)20-36)33(27-15-8-9-16-32(27)44-23-25-13-10-14-26(17-25)39(42)43)35-29(19-37(3,4)21-31(35)41)38(28)22-24-11-6-5-7-12-24/h5-17,33H,18-23H2,1-4H3. The quantitative estimate of drug-likeness (QED) is 0.204. The van der Waals surface area contributed by atoms with Gasteiger partial charge in [0.25, 0.3) is 5.69 Å². The number of benzene rings is 3. The number of ketones is 2. The Morgan fingerprint density at radius 2 is 1.34 bits per heavy atom. The number of non-ortho nitro benzene ring substituents is 1. The molecule has 44 heavy (non-hydrogen) atoms. The molecule has 3 aromatic carbocycles. The van der Waals surface area contributed by atoms with Crippen molar-refractivity contribution in [2.45, 2.75) is 72.4 Å². The van der Waals surface area contributed by atoms with Gasteiger partial charge in [0.05, 0.1) is 4.92 Å². The van der Waals surface area contributed by atoms with E-state index in [9.17, 15) is 19.7 Å². The van der Waals surface area contributed by atoms with Gasteiger partial charge in [0.1, 0.15) is 12.4 Å². The molecule has 0 bridgehead atoms. The predicted octanol–water partition coefficient (Wildman–Crippen LogP) is 8.06. The fourth-order valence-corrected chi connectivity index (χ4v) is 7.09. The average molecular weight is 591 g/mol. The number of carbonyl (C=O) groups excluding carboxylic acids is 2. The Kier molecular flexibility index (Phi) is 7.52. The van der Waals surface area contributed by atoms with Crippen LogP contribution in [0.15, 0.2) is 101 Å². The first-order valence-corrected chi connectivity index (χ1v) is 15.2. The Labute approximate surface area is 258 Å². The molecule has 0 radical (unpaired) electrons. The largest absolute Gasteiger partial charge is 0.489 e. The van der Waals surface area contributed by atoms with Gasteiger partial charge in [-0.2, -0.15) is 0 Å². The van der Waals surface area contributed by atoms with Gasteiger partial charge in [-0.3, -0.25) is 19.7 Å². The molecule has 3 aromatic rings. The highest BCUT2D eigenvalue weighted by Gasteiger charge is 2.49. The first-order chi connectivity index (χ1) is 20.9. The zero-order valence-corrected chi connectivity index (χ0v) is 25.8. The number of ether oxygens (including phenoxy) is 1. The van der Waals surface area contributed by atoms with Gasteiger partial charge in [-0.15, -0.1) is 0 Å². The van der Waals surface area contributed by atoms with Crippen LogP contribution in [-0.4, -0.2) is 21.4 Å². The Bertz CT molecular complexity index is 1660. The third kappa shape index (κ3) is 5.71. The number of nitrogens with zero attached hydrogens (tertiary/aromatic N) is 2. The SMILES string of the molecule is CC1(C)CC(=O)C2=C(C1)N(Cc1ccccc1)C1=C(C(=O)CC(C)(C)C1)C2c1ccccc1OCc1cccc([N+](=O)[O-])c1. The molecule has 0 saturated carbocycles. The highest BCUT2D eigenvalue weighted by atomic mass is 16.6. The summed E-state index contributed by atoms with van der Waals surface area (Å²) in [6.45, 7) is 9.26. The Morgan fingerprint density at radius 1 is 0.773 bits per heavy atom. The maximum atomic E-state index is 14.2. The van der Waals surface area contributed by atoms with Crippen molar-refractivity contribution in [1.29, 1.82) is 0 Å². The van der Waals surface area contributed by atoms with E-state index >= 15 is 0 Å². The number of rotatable bonds is 7. The van der Waals surface area contributed by atoms with Crippen molar-refractivity contribution in [3.05, 3.63) is 128 Å². The molecule has 0 fully saturated rings. The number of hydrogen-bond donors (Lipinski definition) is 0. The lowest BCUT2D eigenvalue weighted by atomic mass is 9.63. The Morgan fingerprint density at radius 3 is 1.95 bits per heavy atom. The van der Waals surface area contributed by atoms with Crippen molar-refractivity contribution in [1.82, 2.24) is 4.90 Å². The second kappa shape index (κ2) is 11.2. The smallest absolute Gasteiger partial charge is 0.269 e. The van der Waals surface area contributed by atoms with Crippen molar-refractivity contribution in [3.63, 3.8) is 0 Å². The summed E-state index contributed by atoms with van der Waals surface area (Å²) < 4.78 is 6.34. The Balaban J connectivity index is 1.50. The van der Waals surface area contributed by atoms with Gasteiger partial charge >= 0.3 is 0 Å². The molecule has 1 heterocycles. The summed E-state index contributed by atoms with van der Waals surface area (Å²) in [7, 11) is 0. The minimum Gasteiger partial charge on any atom is -0.489 e. The summed E-state index contributed by atoms with van der Waals surface area (Å²) in [4.78, 5) is 41.6. The molecule has 2 aliphatic carbocycles. The minimum absolute atomic E-state index is 0.000557. The number of carbonyl (C=O) groups is 2. The molecule has 7 nitrogen and oxygen atoms in total. The van der Waals surface area contributed by atoms with E-state index in [0.29, 0.717) is 41.8 Å². The van der Waals surface area contributed by atoms with Crippen molar-refractivity contribution >= 4 is 17.3 Å². The molecule has 0 aromatic heterocycles. The van der Waals surface area contributed by atoms with Crippen LogP contribution in [0.3, 0.4) is 0 Å². The van der Waals surface area contributed by atoms with Gasteiger partial charge in [0, 0.05) is 65.5 Å². The lowest BCUT2D eigenvalue weighted by Gasteiger charge is -2.49. The van der Waals surface area contributed by atoms with Crippen LogP contribution in [0.4, 0.5) is 5.69 Å². The number of nitro benzene ring substituents is 1. The molecule has 1 aliphatic heterocycles. The molecule has 0 unspecified atom stereocenters. The second-order valence-corrected chi connectivity index (χ2v) is 13.9. The number of nitro groups is 1. The molecule has 6 rings (SSSR count). The molecule has 7 heteroatoms. The summed E-state index contributed by atoms with van der Waals surface area (Å²) in [6, 6.07) is 24.2. The van der Waals surface area contributed by atoms with Crippen LogP contribution in [0.1, 0.15) is 76.0 Å². The first kappa shape index (κ1) is 29.5. The van der Waals surface area contributed by atoms with Crippen molar-refractivity contribution in [3.8, 4) is 5.75 Å². The highest BCUT2D eigenvalue weighted by Crippen LogP contribution is 2.55. The molecule has 0 atom stereocenters. The summed E-state index contributed by atoms with van der Waals surface area (Å²) in [5, 5.41) is 11.3. The lowest BCUT2D eigenvalue weighted by molar-refractivity contribution is -0.384. The predicted molar refractivity (Wildman–Crippen MR) is 169 cm³/mol. The van der Waals surface area contributed by atoms with Gasteiger partial charge in [-0.1, -0.05) is 88.4 Å². The molecular formula is C37H38N2O5. The summed E-state index contributed by atoms with van der Waals surface area (Å²) in [6.07, 6.45) is 2.25. The Hall–Kier alpha value is -4.52. The van der Waals surface area contributed by atoms with Gasteiger partial charge in [-0.25, -0.2) is 0 Å². The van der Waals surface area contributed by atoms with E-state index in [1.807, 2.05) is 42.5 Å². The van der Waals surface area contributed by atoms with Crippen LogP contribution in [0.2, 0.25) is 0 Å². The molecule has 0 spiro atoms. The topological polar surface area (TPSA) is 89.8 Å². The van der Waals surface area contributed by atoms with E-state index in [4.69, 9.17) is 4.74 Å². The summed E-state index contributed by atoms with van der Waals surface area (Å²) >= 11 is 0. The van der Waals surface area contributed by atoms with E-state index < -0.39 is 10.8 Å². The third-order valence-electron chi connectivity index (χ3n) is 8.95. The number of Topliss-reactive ketones (excluding diaryl/α,β-unsaturated/α-hetero) is 2. The fraction of sp³-hybridized carbons (Fsp3) is 0.351. The molecule has 0 saturated heterocycles. The second-order valence-electron chi connectivity index (χ2n) is 13.9. The fourth-order valence-electron chi connectivity index (χ4n) is 7.09. The van der Waals surface area contributed by atoms with Crippen LogP contribution in [0.5, 0.6) is 5.75 Å². The maximum Gasteiger partial charge on any atom is 0.269 e. The third-order valence-corrected chi connectivity index (χ3v) is 8.95. The number of para-hydroxylation sites is 1. The average Bonchev–Trinajstić information content (AvgIpc) is 2.96. The van der Waals surface area contributed by atoms with Crippen LogP contribution < -0.4 is 4.74 Å². The maximum absolute atomic E-state index is 14.2. The molecule has 226 valence electrons. The van der Waals surface area contributed by atoms with Gasteiger partial charge in [0.15, 0.2) is 11.6 Å². The molecule has 0 N–H and O–H groups in total. The van der Waals surface area contributed by atoms with E-state index in [1.54, 1.807) is 12.1 Å². The van der Waals surface area contributed by atoms with E-state index in [0.717, 1.165) is 35.4 Å². The van der Waals surface area contributed by atoms with Gasteiger partial charge in [-0.05, 0) is 40.9 Å². The van der Waals surface area contributed by atoms with Crippen molar-refractivity contribution in [2.75, 3.05) is 0 Å². The van der Waals surface area contributed by atoms with E-state index in [2.05, 4.69) is 44.7 Å². The number of allylic oxidation sites excluding steroid dienone is 4. The molecule has 0 amide bonds. The van der Waals surface area contributed by atoms with Gasteiger partial charge in [0.2, 0.25) is 0 Å². The summed E-state index contributed by atoms with van der Waals surface area (Å²) in [5.41, 5.74) is 5.50. The van der Waals surface area contributed by atoms with Crippen molar-refractivity contribution < 1.29 is 19.2 Å². The van der Waals surface area contributed by atoms with Crippen LogP contribution in [-0.2, 0) is 22.7 Å². The normalized spacial score (nSPS) is 19.5. The highest BCUT2D eigenvalue weighted by molar-refractivity contribution is 6.07. The van der Waals surface area contributed by atoms with Crippen LogP contribution in [0.25, 0.3) is 0 Å². The lowest BCUT2D eigenvalue weighted by Crippen LogP contribution is -2.44. The number of hydrogen-bond acceptors (Lipinski definition) is 6. The first-order valence-electron chi connectivity index (χ1n) is 15.2. The van der Waals surface area contributed by atoms with E-state index in [-0.39, 0.29) is 34.7 Å². The van der Waals surface area contributed by atoms with Crippen LogP contribution >= 0.6 is 0 Å². The monoisotopic (exact) mass is 590 g/mol. The molecular weight excluding hydrogens is 552 g/mol. The van der Waals surface area contributed by atoms with Crippen molar-refractivity contribution in [2.24, 2.45) is 10.8 Å². The minimum atomic E-state index is -0.541. The van der Waals surface area contributed by atoms with Gasteiger partial charge < -0.3 is 9.64 Å². The zero-order chi connectivity index (χ0) is 31.2. The summed E-state index contributed by atoms with van der Waals surface area (Å²) in [5.74, 6) is 0.156. The van der Waals surface area contributed by atoms with E-state index in [1.165, 1.54) is 12.1 Å².